The first-order valence-electron chi connectivity index (χ1n) is 9.79. The Kier molecular flexibility index (Phi) is 5.02. The Balaban J connectivity index is 1.56. The van der Waals surface area contributed by atoms with Gasteiger partial charge in [-0.15, -0.1) is 0 Å². The molecule has 150 valence electrons. The predicted octanol–water partition coefficient (Wildman–Crippen LogP) is 6.35. The number of esters is 1. The van der Waals surface area contributed by atoms with Crippen LogP contribution in [0.4, 0.5) is 11.4 Å². The lowest BCUT2D eigenvalue weighted by atomic mass is 10.1. The van der Waals surface area contributed by atoms with Crippen molar-refractivity contribution in [2.24, 2.45) is 0 Å². The maximum absolute atomic E-state index is 13.8. The zero-order valence-electron chi connectivity index (χ0n) is 16.4. The van der Waals surface area contributed by atoms with Crippen LogP contribution in [0.5, 0.6) is 5.75 Å². The molecule has 0 radical (unpaired) electrons. The van der Waals surface area contributed by atoms with Crippen LogP contribution < -0.4 is 9.64 Å². The minimum Gasteiger partial charge on any atom is -0.422 e. The lowest BCUT2D eigenvalue weighted by Crippen LogP contribution is -2.29. The van der Waals surface area contributed by atoms with E-state index in [2.05, 4.69) is 0 Å². The molecule has 0 N–H and O–H groups in total. The van der Waals surface area contributed by atoms with Crippen LogP contribution in [-0.2, 0) is 0 Å². The van der Waals surface area contributed by atoms with E-state index in [9.17, 15) is 9.59 Å². The highest BCUT2D eigenvalue weighted by Crippen LogP contribution is 2.48. The summed E-state index contributed by atoms with van der Waals surface area (Å²) in [5.74, 6) is -0.526. The van der Waals surface area contributed by atoms with Gasteiger partial charge in [0.25, 0.3) is 5.91 Å². The van der Waals surface area contributed by atoms with E-state index in [0.717, 1.165) is 21.2 Å². The molecule has 0 unspecified atom stereocenters. The smallest absolute Gasteiger partial charge is 0.343 e. The van der Waals surface area contributed by atoms with Gasteiger partial charge in [-0.25, -0.2) is 4.79 Å². The van der Waals surface area contributed by atoms with Gasteiger partial charge in [0.15, 0.2) is 0 Å². The number of ether oxygens (including phenoxy) is 1. The summed E-state index contributed by atoms with van der Waals surface area (Å²) < 4.78 is 5.63. The van der Waals surface area contributed by atoms with Crippen molar-refractivity contribution in [3.63, 3.8) is 0 Å². The number of amides is 1. The van der Waals surface area contributed by atoms with Crippen molar-refractivity contribution in [1.82, 2.24) is 0 Å². The van der Waals surface area contributed by atoms with Crippen molar-refractivity contribution in [2.75, 3.05) is 4.90 Å². The normalized spacial score (nSPS) is 11.9. The Morgan fingerprint density at radius 2 is 1.19 bits per heavy atom. The molecule has 0 atom stereocenters. The Morgan fingerprint density at radius 1 is 0.645 bits per heavy atom. The number of nitrogens with zero attached hydrogens (tertiary/aromatic N) is 1. The topological polar surface area (TPSA) is 46.6 Å². The molecule has 4 nitrogen and oxygen atoms in total. The van der Waals surface area contributed by atoms with Gasteiger partial charge in [0.05, 0.1) is 22.5 Å². The second-order valence-corrected chi connectivity index (χ2v) is 8.01. The van der Waals surface area contributed by atoms with E-state index < -0.39 is 5.97 Å². The highest BCUT2D eigenvalue weighted by atomic mass is 32.2. The number of hydrogen-bond donors (Lipinski definition) is 0. The van der Waals surface area contributed by atoms with E-state index >= 15 is 0 Å². The predicted molar refractivity (Wildman–Crippen MR) is 121 cm³/mol. The molecule has 5 heteroatoms. The number of hydrogen-bond acceptors (Lipinski definition) is 4. The fourth-order valence-electron chi connectivity index (χ4n) is 3.51. The minimum absolute atomic E-state index is 0.231. The van der Waals surface area contributed by atoms with Crippen LogP contribution in [0, 0.1) is 0 Å². The van der Waals surface area contributed by atoms with Gasteiger partial charge >= 0.3 is 5.97 Å². The molecule has 0 bridgehead atoms. The zero-order chi connectivity index (χ0) is 21.2. The fourth-order valence-corrected chi connectivity index (χ4v) is 4.57. The van der Waals surface area contributed by atoms with Crippen molar-refractivity contribution in [2.45, 2.75) is 9.79 Å². The van der Waals surface area contributed by atoms with Crippen molar-refractivity contribution in [3.05, 3.63) is 114 Å². The van der Waals surface area contributed by atoms with Crippen LogP contribution in [0.3, 0.4) is 0 Å². The molecule has 0 aromatic heterocycles. The van der Waals surface area contributed by atoms with Gasteiger partial charge in [0.1, 0.15) is 5.75 Å². The van der Waals surface area contributed by atoms with E-state index in [0.29, 0.717) is 11.1 Å². The molecule has 0 saturated carbocycles. The van der Waals surface area contributed by atoms with Gasteiger partial charge in [-0.2, -0.15) is 0 Å². The minimum atomic E-state index is -0.504. The van der Waals surface area contributed by atoms with Crippen molar-refractivity contribution in [3.8, 4) is 5.75 Å². The van der Waals surface area contributed by atoms with Crippen LogP contribution in [-0.4, -0.2) is 11.9 Å². The van der Waals surface area contributed by atoms with Crippen molar-refractivity contribution < 1.29 is 14.3 Å². The van der Waals surface area contributed by atoms with Crippen LogP contribution in [0.2, 0.25) is 0 Å². The number of para-hydroxylation sites is 3. The molecule has 31 heavy (non-hydrogen) atoms. The van der Waals surface area contributed by atoms with Gasteiger partial charge in [0.2, 0.25) is 0 Å². The largest absolute Gasteiger partial charge is 0.422 e. The Labute approximate surface area is 184 Å². The van der Waals surface area contributed by atoms with E-state index in [4.69, 9.17) is 4.74 Å². The summed E-state index contributed by atoms with van der Waals surface area (Å²) in [5.41, 5.74) is 2.36. The third-order valence-electron chi connectivity index (χ3n) is 4.96. The molecule has 5 rings (SSSR count). The maximum Gasteiger partial charge on any atom is 0.343 e. The Bertz CT molecular complexity index is 1240. The summed E-state index contributed by atoms with van der Waals surface area (Å²) in [7, 11) is 0. The molecule has 0 spiro atoms. The standard InChI is InChI=1S/C26H17NO3S/c28-25(19-12-4-7-15-22(19)30-26(29)18-10-2-1-3-11-18)27-20-13-5-8-16-23(20)31-24-17-9-6-14-21(24)27/h1-17H. The summed E-state index contributed by atoms with van der Waals surface area (Å²) in [6.45, 7) is 0. The SMILES string of the molecule is O=C(Oc1ccccc1C(=O)N1c2ccccc2Sc2ccccc21)c1ccccc1. The summed E-state index contributed by atoms with van der Waals surface area (Å²) in [6.07, 6.45) is 0. The first-order chi connectivity index (χ1) is 15.2. The number of anilines is 2. The zero-order valence-corrected chi connectivity index (χ0v) is 17.2. The highest BCUT2D eigenvalue weighted by Gasteiger charge is 2.30. The van der Waals surface area contributed by atoms with E-state index in [-0.39, 0.29) is 11.7 Å². The summed E-state index contributed by atoms with van der Waals surface area (Å²) >= 11 is 1.63. The monoisotopic (exact) mass is 423 g/mol. The second kappa shape index (κ2) is 8.13. The van der Waals surface area contributed by atoms with Crippen molar-refractivity contribution in [1.29, 1.82) is 0 Å². The lowest BCUT2D eigenvalue weighted by Gasteiger charge is -2.31. The summed E-state index contributed by atoms with van der Waals surface area (Å²) in [6, 6.07) is 31.2. The van der Waals surface area contributed by atoms with Gasteiger partial charge in [-0.05, 0) is 48.5 Å². The van der Waals surface area contributed by atoms with Crippen LogP contribution >= 0.6 is 11.8 Å². The van der Waals surface area contributed by atoms with E-state index in [1.54, 1.807) is 65.2 Å². The van der Waals surface area contributed by atoms with Crippen LogP contribution in [0.25, 0.3) is 0 Å². The van der Waals surface area contributed by atoms with E-state index in [1.165, 1.54) is 0 Å². The highest BCUT2D eigenvalue weighted by molar-refractivity contribution is 7.99. The number of rotatable bonds is 3. The fraction of sp³-hybridized carbons (Fsp3) is 0. The molecule has 1 aliphatic rings. The number of benzene rings is 4. The second-order valence-electron chi connectivity index (χ2n) is 6.93. The first-order valence-corrected chi connectivity index (χ1v) is 10.6. The molecule has 1 amide bonds. The number of fused-ring (bicyclic) bond motifs is 2. The quantitative estimate of drug-likeness (QED) is 0.285. The third-order valence-corrected chi connectivity index (χ3v) is 6.10. The van der Waals surface area contributed by atoms with Crippen molar-refractivity contribution >= 4 is 35.0 Å². The van der Waals surface area contributed by atoms with Gasteiger partial charge in [-0.1, -0.05) is 66.4 Å². The molecular weight excluding hydrogens is 406 g/mol. The molecular formula is C26H17NO3S. The summed E-state index contributed by atoms with van der Waals surface area (Å²) in [4.78, 5) is 30.1. The molecule has 0 aliphatic carbocycles. The van der Waals surface area contributed by atoms with Crippen LogP contribution in [0.1, 0.15) is 20.7 Å². The Hall–Kier alpha value is -3.83. The molecule has 1 heterocycles. The molecule has 0 saturated heterocycles. The van der Waals surface area contributed by atoms with Gasteiger partial charge in [0, 0.05) is 9.79 Å². The Morgan fingerprint density at radius 3 is 1.87 bits per heavy atom. The summed E-state index contributed by atoms with van der Waals surface area (Å²) in [5, 5.41) is 0. The number of carbonyl (C=O) groups is 2. The van der Waals surface area contributed by atoms with Gasteiger partial charge in [-0.3, -0.25) is 9.69 Å². The molecule has 4 aromatic rings. The lowest BCUT2D eigenvalue weighted by molar-refractivity contribution is 0.0732. The number of carbonyl (C=O) groups excluding carboxylic acids is 2. The van der Waals surface area contributed by atoms with E-state index in [1.807, 2.05) is 54.6 Å². The molecule has 4 aromatic carbocycles. The van der Waals surface area contributed by atoms with Crippen LogP contribution in [0.15, 0.2) is 113 Å². The van der Waals surface area contributed by atoms with Gasteiger partial charge < -0.3 is 4.74 Å². The average molecular weight is 423 g/mol. The first kappa shape index (κ1) is 19.2. The maximum atomic E-state index is 13.8. The molecule has 1 aliphatic heterocycles. The average Bonchev–Trinajstić information content (AvgIpc) is 2.83. The third kappa shape index (κ3) is 3.60. The molecule has 0 fully saturated rings.